The molecule has 1 aromatic carbocycles. The van der Waals surface area contributed by atoms with Crippen molar-refractivity contribution < 1.29 is 12.8 Å². The van der Waals surface area contributed by atoms with Gasteiger partial charge in [-0.15, -0.1) is 12.4 Å². The van der Waals surface area contributed by atoms with Crippen LogP contribution in [0.2, 0.25) is 0 Å². The average Bonchev–Trinajstić information content (AvgIpc) is 2.90. The number of hydrogen-bond donors (Lipinski definition) is 2. The minimum absolute atomic E-state index is 0. The van der Waals surface area contributed by atoms with Crippen LogP contribution in [0.5, 0.6) is 0 Å². The quantitative estimate of drug-likeness (QED) is 0.851. The van der Waals surface area contributed by atoms with E-state index in [4.69, 9.17) is 10.2 Å². The molecule has 0 atom stereocenters. The second-order valence-corrected chi connectivity index (χ2v) is 6.51. The first kappa shape index (κ1) is 18.0. The van der Waals surface area contributed by atoms with E-state index < -0.39 is 15.6 Å². The van der Waals surface area contributed by atoms with Gasteiger partial charge in [0.15, 0.2) is 0 Å². The molecule has 5 nitrogen and oxygen atoms in total. The molecule has 0 amide bonds. The molecule has 0 aliphatic heterocycles. The van der Waals surface area contributed by atoms with Crippen LogP contribution >= 0.6 is 12.4 Å². The number of para-hydroxylation sites is 1. The van der Waals surface area contributed by atoms with Crippen molar-refractivity contribution in [2.24, 2.45) is 5.73 Å². The predicted octanol–water partition coefficient (Wildman–Crippen LogP) is 2.65. The van der Waals surface area contributed by atoms with Gasteiger partial charge in [0.25, 0.3) is 10.0 Å². The van der Waals surface area contributed by atoms with Gasteiger partial charge in [0.05, 0.1) is 0 Å². The van der Waals surface area contributed by atoms with Crippen LogP contribution in [-0.2, 0) is 10.0 Å². The summed E-state index contributed by atoms with van der Waals surface area (Å²) in [4.78, 5) is 0. The molecular formula is C14H21ClN2O3S. The van der Waals surface area contributed by atoms with Crippen molar-refractivity contribution in [3.8, 4) is 0 Å². The van der Waals surface area contributed by atoms with Crippen molar-refractivity contribution in [2.45, 2.75) is 37.3 Å². The molecule has 118 valence electrons. The Hall–Kier alpha value is -1.08. The molecule has 0 unspecified atom stereocenters. The van der Waals surface area contributed by atoms with Crippen molar-refractivity contribution >= 4 is 33.4 Å². The van der Waals surface area contributed by atoms with Crippen LogP contribution in [-0.4, -0.2) is 20.5 Å². The number of halogens is 1. The number of furan rings is 1. The maximum absolute atomic E-state index is 12.4. The summed E-state index contributed by atoms with van der Waals surface area (Å²) < 4.78 is 33.0. The number of rotatable bonds is 6. The van der Waals surface area contributed by atoms with E-state index in [-0.39, 0.29) is 24.0 Å². The Kier molecular flexibility index (Phi) is 5.81. The lowest BCUT2D eigenvalue weighted by Crippen LogP contribution is -2.52. The molecule has 2 aromatic rings. The largest absolute Gasteiger partial charge is 0.443 e. The highest BCUT2D eigenvalue weighted by Gasteiger charge is 2.32. The van der Waals surface area contributed by atoms with Crippen molar-refractivity contribution in [3.05, 3.63) is 30.3 Å². The lowest BCUT2D eigenvalue weighted by Gasteiger charge is -2.30. The molecule has 1 heterocycles. The highest BCUT2D eigenvalue weighted by Crippen LogP contribution is 2.24. The molecule has 0 saturated carbocycles. The first-order chi connectivity index (χ1) is 9.46. The normalized spacial score (nSPS) is 12.3. The maximum Gasteiger partial charge on any atom is 0.274 e. The van der Waals surface area contributed by atoms with Crippen LogP contribution in [0.15, 0.2) is 39.8 Å². The summed E-state index contributed by atoms with van der Waals surface area (Å²) in [5.41, 5.74) is 5.66. The van der Waals surface area contributed by atoms with E-state index in [1.165, 1.54) is 6.07 Å². The molecule has 7 heteroatoms. The maximum atomic E-state index is 12.4. The molecule has 3 N–H and O–H groups in total. The molecule has 0 spiro atoms. The second kappa shape index (κ2) is 6.79. The van der Waals surface area contributed by atoms with E-state index in [0.29, 0.717) is 18.4 Å². The van der Waals surface area contributed by atoms with E-state index in [2.05, 4.69) is 4.72 Å². The van der Waals surface area contributed by atoms with Gasteiger partial charge >= 0.3 is 0 Å². The summed E-state index contributed by atoms with van der Waals surface area (Å²) in [6, 6.07) is 8.73. The molecule has 0 saturated heterocycles. The van der Waals surface area contributed by atoms with Crippen molar-refractivity contribution in [2.75, 3.05) is 6.54 Å². The zero-order chi connectivity index (χ0) is 14.8. The minimum atomic E-state index is -3.71. The molecule has 0 radical (unpaired) electrons. The van der Waals surface area contributed by atoms with Crippen molar-refractivity contribution in [3.63, 3.8) is 0 Å². The minimum Gasteiger partial charge on any atom is -0.443 e. The molecule has 0 aliphatic rings. The smallest absolute Gasteiger partial charge is 0.274 e. The van der Waals surface area contributed by atoms with E-state index in [0.717, 1.165) is 5.39 Å². The van der Waals surface area contributed by atoms with Crippen molar-refractivity contribution in [1.29, 1.82) is 0 Å². The Morgan fingerprint density at radius 1 is 1.24 bits per heavy atom. The number of fused-ring (bicyclic) bond motifs is 1. The lowest BCUT2D eigenvalue weighted by atomic mass is 9.95. The van der Waals surface area contributed by atoms with E-state index in [1.807, 2.05) is 26.0 Å². The Bertz CT molecular complexity index is 652. The summed E-state index contributed by atoms with van der Waals surface area (Å²) in [5.74, 6) is 0. The third-order valence-electron chi connectivity index (χ3n) is 3.76. The van der Waals surface area contributed by atoms with Crippen LogP contribution in [0.1, 0.15) is 26.7 Å². The van der Waals surface area contributed by atoms with E-state index in [9.17, 15) is 8.42 Å². The van der Waals surface area contributed by atoms with E-state index >= 15 is 0 Å². The number of nitrogens with two attached hydrogens (primary N) is 1. The fraction of sp³-hybridized carbons (Fsp3) is 0.429. The third-order valence-corrected chi connectivity index (χ3v) is 5.20. The van der Waals surface area contributed by atoms with Gasteiger partial charge in [0, 0.05) is 23.5 Å². The number of nitrogens with one attached hydrogen (secondary N) is 1. The third kappa shape index (κ3) is 3.58. The Balaban J connectivity index is 0.00000220. The standard InChI is InChI=1S/C14H20N2O3S.ClH/c1-3-14(4-2,10-15)16-20(17,18)13-9-11-7-5-6-8-12(11)19-13;/h5-9,16H,3-4,10,15H2,1-2H3;1H. The molecule has 21 heavy (non-hydrogen) atoms. The Morgan fingerprint density at radius 2 is 1.86 bits per heavy atom. The Morgan fingerprint density at radius 3 is 2.38 bits per heavy atom. The van der Waals surface area contributed by atoms with Crippen LogP contribution in [0.3, 0.4) is 0 Å². The second-order valence-electron chi connectivity index (χ2n) is 4.90. The average molecular weight is 333 g/mol. The SMILES string of the molecule is CCC(CC)(CN)NS(=O)(=O)c1cc2ccccc2o1.Cl. The van der Waals surface area contributed by atoms with Gasteiger partial charge in [-0.2, -0.15) is 0 Å². The summed E-state index contributed by atoms with van der Waals surface area (Å²) in [5, 5.41) is 0.692. The summed E-state index contributed by atoms with van der Waals surface area (Å²) in [7, 11) is -3.71. The molecular weight excluding hydrogens is 312 g/mol. The fourth-order valence-electron chi connectivity index (χ4n) is 2.15. The van der Waals surface area contributed by atoms with Gasteiger partial charge in [-0.25, -0.2) is 13.1 Å². The molecule has 0 aliphatic carbocycles. The van der Waals surface area contributed by atoms with Gasteiger partial charge in [-0.1, -0.05) is 32.0 Å². The number of benzene rings is 1. The zero-order valence-electron chi connectivity index (χ0n) is 12.1. The number of sulfonamides is 1. The van der Waals surface area contributed by atoms with Gasteiger partial charge in [0.2, 0.25) is 5.09 Å². The van der Waals surface area contributed by atoms with Crippen LogP contribution in [0, 0.1) is 0 Å². The predicted molar refractivity (Wildman–Crippen MR) is 86.2 cm³/mol. The first-order valence-electron chi connectivity index (χ1n) is 6.69. The Labute approximate surface area is 131 Å². The molecule has 2 rings (SSSR count). The first-order valence-corrected chi connectivity index (χ1v) is 8.17. The summed E-state index contributed by atoms with van der Waals surface area (Å²) >= 11 is 0. The highest BCUT2D eigenvalue weighted by molar-refractivity contribution is 7.89. The molecule has 0 fully saturated rings. The highest BCUT2D eigenvalue weighted by atomic mass is 35.5. The van der Waals surface area contributed by atoms with Gasteiger partial charge < -0.3 is 10.2 Å². The zero-order valence-corrected chi connectivity index (χ0v) is 13.8. The molecule has 0 bridgehead atoms. The fourth-order valence-corrected chi connectivity index (χ4v) is 3.67. The molecule has 1 aromatic heterocycles. The van der Waals surface area contributed by atoms with Gasteiger partial charge in [0.1, 0.15) is 5.58 Å². The topological polar surface area (TPSA) is 85.3 Å². The van der Waals surface area contributed by atoms with Gasteiger partial charge in [-0.3, -0.25) is 0 Å². The summed E-state index contributed by atoms with van der Waals surface area (Å²) in [6.45, 7) is 4.08. The van der Waals surface area contributed by atoms with Gasteiger partial charge in [-0.05, 0) is 18.9 Å². The van der Waals surface area contributed by atoms with Crippen LogP contribution < -0.4 is 10.5 Å². The van der Waals surface area contributed by atoms with Crippen LogP contribution in [0.25, 0.3) is 11.0 Å². The monoisotopic (exact) mass is 332 g/mol. The van der Waals surface area contributed by atoms with E-state index in [1.54, 1.807) is 12.1 Å². The summed E-state index contributed by atoms with van der Waals surface area (Å²) in [6.07, 6.45) is 1.25. The van der Waals surface area contributed by atoms with Crippen LogP contribution in [0.4, 0.5) is 0 Å². The number of hydrogen-bond acceptors (Lipinski definition) is 4. The lowest BCUT2D eigenvalue weighted by molar-refractivity contribution is 0.357. The van der Waals surface area contributed by atoms with Crippen molar-refractivity contribution in [1.82, 2.24) is 4.72 Å².